The smallest absolute Gasteiger partial charge is 0.291 e. The molecular formula is C26H20N6O4. The van der Waals surface area contributed by atoms with E-state index in [1.165, 1.54) is 12.1 Å². The Morgan fingerprint density at radius 1 is 1.06 bits per heavy atom. The van der Waals surface area contributed by atoms with Crippen LogP contribution in [0.4, 0.5) is 22.9 Å². The number of nitro groups is 1. The average Bonchev–Trinajstić information content (AvgIpc) is 3.23. The number of para-hydroxylation sites is 2. The average molecular weight is 480 g/mol. The number of fused-ring (bicyclic) bond motifs is 4. The van der Waals surface area contributed by atoms with Gasteiger partial charge in [0.2, 0.25) is 5.84 Å². The van der Waals surface area contributed by atoms with Crippen molar-refractivity contribution in [2.24, 2.45) is 4.99 Å². The highest BCUT2D eigenvalue weighted by molar-refractivity contribution is 6.50. The summed E-state index contributed by atoms with van der Waals surface area (Å²) in [5.41, 5.74) is 4.54. The van der Waals surface area contributed by atoms with E-state index in [0.29, 0.717) is 22.9 Å². The first kappa shape index (κ1) is 21.5. The van der Waals surface area contributed by atoms with Crippen molar-refractivity contribution < 1.29 is 14.5 Å². The number of hydrogen-bond donors (Lipinski definition) is 1. The second-order valence-electron chi connectivity index (χ2n) is 8.46. The Hall–Kier alpha value is -4.99. The molecule has 10 heteroatoms. The molecule has 0 radical (unpaired) electrons. The summed E-state index contributed by atoms with van der Waals surface area (Å²) in [5.74, 6) is 1.08. The van der Waals surface area contributed by atoms with E-state index in [-0.39, 0.29) is 17.4 Å². The highest BCUT2D eigenvalue weighted by Crippen LogP contribution is 2.47. The van der Waals surface area contributed by atoms with Gasteiger partial charge in [-0.25, -0.2) is 9.67 Å². The molecule has 0 bridgehead atoms. The van der Waals surface area contributed by atoms with Gasteiger partial charge < -0.3 is 15.0 Å². The molecule has 10 nitrogen and oxygen atoms in total. The van der Waals surface area contributed by atoms with Gasteiger partial charge in [0.1, 0.15) is 5.75 Å². The minimum Gasteiger partial charge on any atom is -0.497 e. The van der Waals surface area contributed by atoms with Crippen molar-refractivity contribution in [1.29, 1.82) is 0 Å². The minimum absolute atomic E-state index is 0.0218. The molecule has 36 heavy (non-hydrogen) atoms. The molecule has 3 heterocycles. The Kier molecular flexibility index (Phi) is 4.82. The fourth-order valence-corrected chi connectivity index (χ4v) is 4.76. The number of amides is 1. The number of anilines is 2. The number of non-ortho nitro benzene ring substituents is 1. The standard InChI is InChI=1S/C26H20N6O4/c1-15-22-23(16-6-5-7-19(14-16)36-2)30-21-9-4-3-8-20(21)27-26(33)25(30)28-24(22)31(29-15)17-10-12-18(13-11-17)32(34)35/h3-14,23H,1-2H3,(H,27,33)/t23-/m1/s1. The van der Waals surface area contributed by atoms with Crippen LogP contribution in [-0.4, -0.2) is 33.6 Å². The van der Waals surface area contributed by atoms with Gasteiger partial charge in [0, 0.05) is 17.7 Å². The van der Waals surface area contributed by atoms with Crippen molar-refractivity contribution in [3.8, 4) is 11.4 Å². The predicted octanol–water partition coefficient (Wildman–Crippen LogP) is 4.69. The van der Waals surface area contributed by atoms with Crippen molar-refractivity contribution >= 4 is 34.6 Å². The van der Waals surface area contributed by atoms with Gasteiger partial charge in [-0.3, -0.25) is 14.9 Å². The molecule has 1 aromatic heterocycles. The van der Waals surface area contributed by atoms with Crippen LogP contribution in [-0.2, 0) is 4.79 Å². The lowest BCUT2D eigenvalue weighted by Crippen LogP contribution is -2.48. The van der Waals surface area contributed by atoms with Gasteiger partial charge >= 0.3 is 0 Å². The number of aryl methyl sites for hydroxylation is 1. The normalized spacial score (nSPS) is 15.8. The highest BCUT2D eigenvalue weighted by Gasteiger charge is 2.42. The number of nitro benzene ring substituents is 1. The Labute approximate surface area is 205 Å². The van der Waals surface area contributed by atoms with Crippen LogP contribution in [0.25, 0.3) is 5.69 Å². The quantitative estimate of drug-likeness (QED) is 0.335. The molecule has 0 saturated carbocycles. The number of methoxy groups -OCH3 is 1. The zero-order chi connectivity index (χ0) is 25.0. The maximum absolute atomic E-state index is 13.3. The molecule has 0 spiro atoms. The Morgan fingerprint density at radius 2 is 1.83 bits per heavy atom. The molecule has 6 rings (SSSR count). The molecule has 2 aliphatic rings. The SMILES string of the molecule is COc1cccc([C@@H]2c3c(C)nn(-c4ccc([N+](=O)[O-])cc4)c3N=C3C(=O)Nc4ccccc4N32)c1. The van der Waals surface area contributed by atoms with E-state index >= 15 is 0 Å². The molecule has 0 aliphatic carbocycles. The van der Waals surface area contributed by atoms with E-state index < -0.39 is 11.0 Å². The summed E-state index contributed by atoms with van der Waals surface area (Å²) in [6.45, 7) is 1.89. The molecule has 0 fully saturated rings. The first-order valence-electron chi connectivity index (χ1n) is 11.2. The number of hydrogen-bond acceptors (Lipinski definition) is 7. The summed E-state index contributed by atoms with van der Waals surface area (Å²) in [5, 5.41) is 18.8. The molecule has 2 aliphatic heterocycles. The van der Waals surface area contributed by atoms with Gasteiger partial charge in [0.15, 0.2) is 5.82 Å². The maximum atomic E-state index is 13.3. The summed E-state index contributed by atoms with van der Waals surface area (Å²) < 4.78 is 7.12. The molecule has 1 amide bonds. The highest BCUT2D eigenvalue weighted by atomic mass is 16.6. The van der Waals surface area contributed by atoms with E-state index in [0.717, 1.165) is 22.5 Å². The lowest BCUT2D eigenvalue weighted by atomic mass is 9.93. The molecule has 0 saturated heterocycles. The zero-order valence-electron chi connectivity index (χ0n) is 19.4. The molecule has 3 aromatic carbocycles. The molecular weight excluding hydrogens is 460 g/mol. The summed E-state index contributed by atoms with van der Waals surface area (Å²) in [4.78, 5) is 30.7. The fraction of sp³-hybridized carbons (Fsp3) is 0.115. The summed E-state index contributed by atoms with van der Waals surface area (Å²) in [7, 11) is 1.61. The summed E-state index contributed by atoms with van der Waals surface area (Å²) in [6.07, 6.45) is 0. The van der Waals surface area contributed by atoms with Gasteiger partial charge in [-0.15, -0.1) is 0 Å². The fourth-order valence-electron chi connectivity index (χ4n) is 4.76. The van der Waals surface area contributed by atoms with E-state index in [9.17, 15) is 14.9 Å². The van der Waals surface area contributed by atoms with Crippen LogP contribution in [0, 0.1) is 17.0 Å². The number of nitrogens with one attached hydrogen (secondary N) is 1. The first-order valence-corrected chi connectivity index (χ1v) is 11.2. The second kappa shape index (κ2) is 8.05. The zero-order valence-corrected chi connectivity index (χ0v) is 19.4. The van der Waals surface area contributed by atoms with Crippen LogP contribution in [0.5, 0.6) is 5.75 Å². The maximum Gasteiger partial charge on any atom is 0.291 e. The number of rotatable bonds is 4. The van der Waals surface area contributed by atoms with Crippen molar-refractivity contribution in [2.45, 2.75) is 13.0 Å². The van der Waals surface area contributed by atoms with Crippen LogP contribution in [0.3, 0.4) is 0 Å². The van der Waals surface area contributed by atoms with Crippen LogP contribution in [0.2, 0.25) is 0 Å². The lowest BCUT2D eigenvalue weighted by molar-refractivity contribution is -0.384. The van der Waals surface area contributed by atoms with Crippen LogP contribution >= 0.6 is 0 Å². The number of nitrogens with zero attached hydrogens (tertiary/aromatic N) is 5. The Morgan fingerprint density at radius 3 is 2.58 bits per heavy atom. The van der Waals surface area contributed by atoms with E-state index in [1.807, 2.05) is 60.4 Å². The van der Waals surface area contributed by atoms with Crippen LogP contribution < -0.4 is 15.0 Å². The minimum atomic E-state index is -0.450. The third-order valence-electron chi connectivity index (χ3n) is 6.38. The monoisotopic (exact) mass is 480 g/mol. The number of ether oxygens (including phenoxy) is 1. The second-order valence-corrected chi connectivity index (χ2v) is 8.46. The summed E-state index contributed by atoms with van der Waals surface area (Å²) in [6, 6.07) is 20.9. The van der Waals surface area contributed by atoms with E-state index in [1.54, 1.807) is 23.9 Å². The molecule has 0 unspecified atom stereocenters. The first-order chi connectivity index (χ1) is 17.5. The van der Waals surface area contributed by atoms with Gasteiger partial charge in [0.25, 0.3) is 11.6 Å². The third kappa shape index (κ3) is 3.22. The number of carbonyl (C=O) groups is 1. The van der Waals surface area contributed by atoms with Gasteiger partial charge in [0.05, 0.1) is 40.8 Å². The molecule has 178 valence electrons. The number of amidine groups is 1. The van der Waals surface area contributed by atoms with Crippen LogP contribution in [0.1, 0.15) is 22.9 Å². The number of carbonyl (C=O) groups excluding carboxylic acids is 1. The van der Waals surface area contributed by atoms with Gasteiger partial charge in [-0.05, 0) is 48.9 Å². The van der Waals surface area contributed by atoms with Crippen molar-refractivity contribution in [1.82, 2.24) is 9.78 Å². The lowest BCUT2D eigenvalue weighted by Gasteiger charge is -2.40. The van der Waals surface area contributed by atoms with Crippen molar-refractivity contribution in [3.63, 3.8) is 0 Å². The number of benzene rings is 3. The number of aliphatic imine (C=N–C) groups is 1. The van der Waals surface area contributed by atoms with Crippen LogP contribution in [0.15, 0.2) is 77.8 Å². The largest absolute Gasteiger partial charge is 0.497 e. The van der Waals surface area contributed by atoms with Crippen molar-refractivity contribution in [2.75, 3.05) is 17.3 Å². The number of aromatic nitrogens is 2. The van der Waals surface area contributed by atoms with E-state index in [2.05, 4.69) is 5.32 Å². The molecule has 1 N–H and O–H groups in total. The van der Waals surface area contributed by atoms with E-state index in [4.69, 9.17) is 14.8 Å². The molecule has 1 atom stereocenters. The Balaban J connectivity index is 1.61. The third-order valence-corrected chi connectivity index (χ3v) is 6.38. The predicted molar refractivity (Wildman–Crippen MR) is 134 cm³/mol. The topological polar surface area (TPSA) is 115 Å². The van der Waals surface area contributed by atoms with Gasteiger partial charge in [-0.1, -0.05) is 24.3 Å². The van der Waals surface area contributed by atoms with Crippen molar-refractivity contribution in [3.05, 3.63) is 99.7 Å². The Bertz CT molecular complexity index is 1570. The summed E-state index contributed by atoms with van der Waals surface area (Å²) >= 11 is 0. The van der Waals surface area contributed by atoms with Gasteiger partial charge in [-0.2, -0.15) is 5.10 Å². The molecule has 4 aromatic rings.